The van der Waals surface area contributed by atoms with Crippen LogP contribution in [0.5, 0.6) is 0 Å². The van der Waals surface area contributed by atoms with Gasteiger partial charge in [-0.1, -0.05) is 11.6 Å². The van der Waals surface area contributed by atoms with Crippen molar-refractivity contribution >= 4 is 17.6 Å². The van der Waals surface area contributed by atoms with Crippen molar-refractivity contribution < 1.29 is 9.90 Å². The maximum Gasteiger partial charge on any atom is 0.329 e. The number of aromatic nitrogens is 2. The van der Waals surface area contributed by atoms with E-state index in [4.69, 9.17) is 22.4 Å². The van der Waals surface area contributed by atoms with Gasteiger partial charge in [-0.25, -0.2) is 4.79 Å². The molecule has 0 amide bonds. The first-order valence-electron chi connectivity index (χ1n) is 4.24. The first-order valence-corrected chi connectivity index (χ1v) is 4.62. The van der Waals surface area contributed by atoms with E-state index in [1.807, 2.05) is 0 Å². The van der Waals surface area contributed by atoms with E-state index < -0.39 is 12.0 Å². The summed E-state index contributed by atoms with van der Waals surface area (Å²) in [7, 11) is 3.01. The van der Waals surface area contributed by atoms with Crippen LogP contribution >= 0.6 is 11.6 Å². The van der Waals surface area contributed by atoms with E-state index in [0.29, 0.717) is 5.69 Å². The van der Waals surface area contributed by atoms with Crippen LogP contribution in [0.3, 0.4) is 0 Å². The van der Waals surface area contributed by atoms with Crippen LogP contribution in [-0.4, -0.2) is 20.2 Å². The van der Waals surface area contributed by atoms with Gasteiger partial charge in [-0.2, -0.15) is 0 Å². The van der Waals surface area contributed by atoms with Gasteiger partial charge in [-0.3, -0.25) is 13.9 Å². The summed E-state index contributed by atoms with van der Waals surface area (Å²) in [5.74, 6) is -1.03. The molecule has 7 heteroatoms. The van der Waals surface area contributed by atoms with Crippen LogP contribution < -0.4 is 11.4 Å². The lowest BCUT2D eigenvalue weighted by Crippen LogP contribution is -2.23. The van der Waals surface area contributed by atoms with E-state index in [-0.39, 0.29) is 17.3 Å². The quantitative estimate of drug-likeness (QED) is 0.760. The number of carbonyl (C=O) groups is 1. The second-order valence-corrected chi connectivity index (χ2v) is 3.64. The first kappa shape index (κ1) is 11.8. The molecule has 0 spiro atoms. The second kappa shape index (κ2) is 4.08. The SMILES string of the molecule is Cn1c(Cl)c(C(N)CC(=O)O)n(C)c1=O. The standard InChI is InChI=1S/C8H12ClN3O3/c1-11-6(4(10)3-5(13)14)7(9)12(2)8(11)15/h4H,3,10H2,1-2H3,(H,13,14). The van der Waals surface area contributed by atoms with Gasteiger partial charge in [0.2, 0.25) is 0 Å². The molecule has 0 aliphatic rings. The van der Waals surface area contributed by atoms with E-state index in [2.05, 4.69) is 0 Å². The van der Waals surface area contributed by atoms with Crippen LogP contribution in [0.1, 0.15) is 18.2 Å². The number of hydrogen-bond donors (Lipinski definition) is 2. The molecule has 1 aromatic heterocycles. The number of nitrogens with two attached hydrogens (primary N) is 1. The van der Waals surface area contributed by atoms with Crippen molar-refractivity contribution in [1.82, 2.24) is 9.13 Å². The third-order valence-corrected chi connectivity index (χ3v) is 2.63. The van der Waals surface area contributed by atoms with Gasteiger partial charge in [-0.15, -0.1) is 0 Å². The average molecular weight is 234 g/mol. The highest BCUT2D eigenvalue weighted by Gasteiger charge is 2.21. The first-order chi connectivity index (χ1) is 6.86. The molecule has 0 radical (unpaired) electrons. The summed E-state index contributed by atoms with van der Waals surface area (Å²) in [6.45, 7) is 0. The summed E-state index contributed by atoms with van der Waals surface area (Å²) < 4.78 is 2.48. The molecule has 0 saturated carbocycles. The summed E-state index contributed by atoms with van der Waals surface area (Å²) in [6.07, 6.45) is -0.267. The lowest BCUT2D eigenvalue weighted by Gasteiger charge is -2.09. The van der Waals surface area contributed by atoms with Gasteiger partial charge in [0.05, 0.1) is 18.2 Å². The molecule has 3 N–H and O–H groups in total. The number of nitrogens with zero attached hydrogens (tertiary/aromatic N) is 2. The maximum absolute atomic E-state index is 11.4. The largest absolute Gasteiger partial charge is 0.481 e. The van der Waals surface area contributed by atoms with Gasteiger partial charge in [0.25, 0.3) is 0 Å². The molecule has 0 fully saturated rings. The summed E-state index contributed by atoms with van der Waals surface area (Å²) in [5, 5.41) is 8.76. The van der Waals surface area contributed by atoms with Crippen LogP contribution in [0.15, 0.2) is 4.79 Å². The van der Waals surface area contributed by atoms with Crippen LogP contribution in [0.25, 0.3) is 0 Å². The molecular formula is C8H12ClN3O3. The molecule has 0 saturated heterocycles. The molecule has 0 aliphatic carbocycles. The van der Waals surface area contributed by atoms with Crippen LogP contribution in [0.4, 0.5) is 0 Å². The van der Waals surface area contributed by atoms with Crippen LogP contribution in [-0.2, 0) is 18.9 Å². The predicted molar refractivity (Wildman–Crippen MR) is 54.8 cm³/mol. The second-order valence-electron chi connectivity index (χ2n) is 3.28. The lowest BCUT2D eigenvalue weighted by atomic mass is 10.1. The van der Waals surface area contributed by atoms with Crippen LogP contribution in [0.2, 0.25) is 5.15 Å². The number of carboxylic acids is 1. The molecule has 1 heterocycles. The van der Waals surface area contributed by atoms with Crippen LogP contribution in [0, 0.1) is 0 Å². The zero-order valence-electron chi connectivity index (χ0n) is 8.40. The third kappa shape index (κ3) is 2.05. The zero-order valence-corrected chi connectivity index (χ0v) is 9.15. The molecule has 84 valence electrons. The Morgan fingerprint density at radius 1 is 1.53 bits per heavy atom. The molecule has 1 unspecified atom stereocenters. The Morgan fingerprint density at radius 2 is 2.07 bits per heavy atom. The van der Waals surface area contributed by atoms with Gasteiger partial charge in [-0.05, 0) is 0 Å². The lowest BCUT2D eigenvalue weighted by molar-refractivity contribution is -0.137. The highest BCUT2D eigenvalue weighted by Crippen LogP contribution is 2.21. The molecule has 1 atom stereocenters. The molecule has 0 aliphatic heterocycles. The predicted octanol–water partition coefficient (Wildman–Crippen LogP) is -0.148. The third-order valence-electron chi connectivity index (χ3n) is 2.19. The van der Waals surface area contributed by atoms with Crippen molar-refractivity contribution in [3.05, 3.63) is 21.3 Å². The molecule has 6 nitrogen and oxygen atoms in total. The molecule has 15 heavy (non-hydrogen) atoms. The minimum atomic E-state index is -1.03. The Morgan fingerprint density at radius 3 is 2.40 bits per heavy atom. The fourth-order valence-corrected chi connectivity index (χ4v) is 1.75. The monoisotopic (exact) mass is 233 g/mol. The number of hydrogen-bond acceptors (Lipinski definition) is 3. The summed E-state index contributed by atoms with van der Waals surface area (Å²) in [5.41, 5.74) is 5.66. The molecule has 0 bridgehead atoms. The van der Waals surface area contributed by atoms with Crippen molar-refractivity contribution in [1.29, 1.82) is 0 Å². The summed E-state index contributed by atoms with van der Waals surface area (Å²) >= 11 is 5.87. The molecule has 1 rings (SSSR count). The Hall–Kier alpha value is -1.27. The minimum absolute atomic E-state index is 0.177. The number of halogens is 1. The number of carboxylic acid groups (broad SMARTS) is 1. The van der Waals surface area contributed by atoms with Gasteiger partial charge in [0.15, 0.2) is 0 Å². The Balaban J connectivity index is 3.20. The highest BCUT2D eigenvalue weighted by atomic mass is 35.5. The average Bonchev–Trinajstić information content (AvgIpc) is 2.30. The Labute approximate surface area is 90.9 Å². The molecular weight excluding hydrogens is 222 g/mol. The Kier molecular flexibility index (Phi) is 3.21. The number of rotatable bonds is 3. The maximum atomic E-state index is 11.4. The van der Waals surface area contributed by atoms with Crippen molar-refractivity contribution in [2.75, 3.05) is 0 Å². The van der Waals surface area contributed by atoms with Crippen molar-refractivity contribution in [3.8, 4) is 0 Å². The summed E-state index contributed by atoms with van der Waals surface area (Å²) in [6, 6.07) is -0.783. The van der Waals surface area contributed by atoms with Crippen molar-refractivity contribution in [2.24, 2.45) is 19.8 Å². The minimum Gasteiger partial charge on any atom is -0.481 e. The van der Waals surface area contributed by atoms with Gasteiger partial charge >= 0.3 is 11.7 Å². The van der Waals surface area contributed by atoms with E-state index in [1.165, 1.54) is 23.2 Å². The smallest absolute Gasteiger partial charge is 0.329 e. The fraction of sp³-hybridized carbons (Fsp3) is 0.500. The topological polar surface area (TPSA) is 90.2 Å². The Bertz CT molecular complexity index is 449. The summed E-state index contributed by atoms with van der Waals surface area (Å²) in [4.78, 5) is 21.9. The van der Waals surface area contributed by atoms with E-state index >= 15 is 0 Å². The highest BCUT2D eigenvalue weighted by molar-refractivity contribution is 6.30. The van der Waals surface area contributed by atoms with Crippen molar-refractivity contribution in [3.63, 3.8) is 0 Å². The molecule has 1 aromatic rings. The van der Waals surface area contributed by atoms with Gasteiger partial charge in [0.1, 0.15) is 5.15 Å². The van der Waals surface area contributed by atoms with Crippen molar-refractivity contribution in [2.45, 2.75) is 12.5 Å². The number of imidazole rings is 1. The zero-order chi connectivity index (χ0) is 11.7. The van der Waals surface area contributed by atoms with Gasteiger partial charge < -0.3 is 10.8 Å². The fourth-order valence-electron chi connectivity index (χ4n) is 1.41. The molecule has 0 aromatic carbocycles. The number of aliphatic carboxylic acids is 1. The van der Waals surface area contributed by atoms with Gasteiger partial charge in [0, 0.05) is 14.1 Å². The van der Waals surface area contributed by atoms with E-state index in [1.54, 1.807) is 0 Å². The normalized spacial score (nSPS) is 12.8. The van der Waals surface area contributed by atoms with E-state index in [9.17, 15) is 9.59 Å². The van der Waals surface area contributed by atoms with E-state index in [0.717, 1.165) is 0 Å².